The number of nitrogens with zero attached hydrogens (tertiary/aromatic N) is 1. The SMILES string of the molecule is Cc1ccc(S(=O)(=O)N2[C@@H](CC=O)CC3(C[C@@H]2COCc2ccccc2)SCCCS3)cc1. The number of hydrogen-bond donors (Lipinski definition) is 0. The van der Waals surface area contributed by atoms with Crippen LogP contribution in [0, 0.1) is 6.92 Å². The highest BCUT2D eigenvalue weighted by Crippen LogP contribution is 2.53. The Labute approximate surface area is 205 Å². The van der Waals surface area contributed by atoms with Gasteiger partial charge in [-0.1, -0.05) is 48.0 Å². The number of hydrogen-bond acceptors (Lipinski definition) is 6. The lowest BCUT2D eigenvalue weighted by molar-refractivity contribution is -0.109. The summed E-state index contributed by atoms with van der Waals surface area (Å²) in [5.74, 6) is 2.15. The zero-order valence-electron chi connectivity index (χ0n) is 18.9. The molecule has 2 fully saturated rings. The van der Waals surface area contributed by atoms with Gasteiger partial charge in [0.15, 0.2) is 0 Å². The topological polar surface area (TPSA) is 63.7 Å². The van der Waals surface area contributed by atoms with E-state index in [-0.39, 0.29) is 27.5 Å². The molecular formula is C25H31NO4S3. The Morgan fingerprint density at radius 3 is 2.36 bits per heavy atom. The number of aldehydes is 1. The van der Waals surface area contributed by atoms with Gasteiger partial charge in [-0.3, -0.25) is 0 Å². The molecule has 0 aromatic heterocycles. The van der Waals surface area contributed by atoms with E-state index >= 15 is 0 Å². The molecule has 0 saturated carbocycles. The molecule has 2 atom stereocenters. The molecule has 0 bridgehead atoms. The molecule has 33 heavy (non-hydrogen) atoms. The minimum absolute atomic E-state index is 0.0635. The van der Waals surface area contributed by atoms with Gasteiger partial charge < -0.3 is 9.53 Å². The van der Waals surface area contributed by atoms with Crippen molar-refractivity contribution in [1.29, 1.82) is 0 Å². The quantitative estimate of drug-likeness (QED) is 0.476. The predicted octanol–water partition coefficient (Wildman–Crippen LogP) is 4.89. The number of piperidine rings is 1. The lowest BCUT2D eigenvalue weighted by Crippen LogP contribution is -2.58. The molecule has 0 aliphatic carbocycles. The molecule has 2 saturated heterocycles. The van der Waals surface area contributed by atoms with Crippen LogP contribution in [0.2, 0.25) is 0 Å². The van der Waals surface area contributed by atoms with Crippen LogP contribution in [0.1, 0.15) is 36.8 Å². The molecule has 2 aromatic rings. The number of sulfonamides is 1. The Morgan fingerprint density at radius 1 is 1.03 bits per heavy atom. The van der Waals surface area contributed by atoms with Gasteiger partial charge in [0.1, 0.15) is 6.29 Å². The van der Waals surface area contributed by atoms with Crippen LogP contribution < -0.4 is 0 Å². The summed E-state index contributed by atoms with van der Waals surface area (Å²) in [7, 11) is -3.77. The summed E-state index contributed by atoms with van der Waals surface area (Å²) in [6.07, 6.45) is 3.62. The van der Waals surface area contributed by atoms with Crippen molar-refractivity contribution in [2.75, 3.05) is 18.1 Å². The summed E-state index contributed by atoms with van der Waals surface area (Å²) in [5.41, 5.74) is 2.07. The van der Waals surface area contributed by atoms with Crippen molar-refractivity contribution in [3.63, 3.8) is 0 Å². The highest BCUT2D eigenvalue weighted by molar-refractivity contribution is 8.18. The van der Waals surface area contributed by atoms with Crippen molar-refractivity contribution in [2.45, 2.75) is 60.3 Å². The van der Waals surface area contributed by atoms with Crippen LogP contribution in [0.5, 0.6) is 0 Å². The minimum Gasteiger partial charge on any atom is -0.375 e. The molecule has 2 aliphatic rings. The molecule has 2 heterocycles. The molecule has 0 unspecified atom stereocenters. The Bertz CT molecular complexity index is 1020. The molecule has 8 heteroatoms. The Balaban J connectivity index is 1.64. The van der Waals surface area contributed by atoms with Crippen LogP contribution in [-0.4, -0.2) is 53.3 Å². The zero-order chi connectivity index (χ0) is 23.3. The van der Waals surface area contributed by atoms with E-state index < -0.39 is 10.0 Å². The normalized spacial score (nSPS) is 23.4. The average molecular weight is 506 g/mol. The van der Waals surface area contributed by atoms with Gasteiger partial charge in [0.05, 0.1) is 28.2 Å². The standard InChI is InChI=1S/C25H31NO4S3/c1-20-8-10-24(11-9-20)33(28,29)26-22(12-13-27)16-25(31-14-5-15-32-25)17-23(26)19-30-18-21-6-3-2-4-7-21/h2-4,6-11,13,22-23H,5,12,14-19H2,1H3/t22-,23+/m0/s1. The second-order valence-corrected chi connectivity index (χ2v) is 13.8. The van der Waals surface area contributed by atoms with Crippen LogP contribution in [0.25, 0.3) is 0 Å². The molecule has 2 aliphatic heterocycles. The monoisotopic (exact) mass is 505 g/mol. The summed E-state index contributed by atoms with van der Waals surface area (Å²) in [6.45, 7) is 2.67. The van der Waals surface area contributed by atoms with Gasteiger partial charge in [-0.2, -0.15) is 4.31 Å². The minimum atomic E-state index is -3.77. The van der Waals surface area contributed by atoms with Gasteiger partial charge in [-0.05, 0) is 55.4 Å². The number of carbonyl (C=O) groups is 1. The number of rotatable bonds is 8. The van der Waals surface area contributed by atoms with Crippen molar-refractivity contribution in [3.05, 3.63) is 65.7 Å². The van der Waals surface area contributed by atoms with Crippen LogP contribution in [-0.2, 0) is 26.2 Å². The van der Waals surface area contributed by atoms with Crippen LogP contribution in [0.3, 0.4) is 0 Å². The lowest BCUT2D eigenvalue weighted by atomic mass is 9.96. The second kappa shape index (κ2) is 11.0. The Kier molecular flexibility index (Phi) is 8.23. The maximum Gasteiger partial charge on any atom is 0.243 e. The highest BCUT2D eigenvalue weighted by Gasteiger charge is 2.50. The molecule has 4 rings (SSSR count). The molecule has 0 N–H and O–H groups in total. The van der Waals surface area contributed by atoms with E-state index in [1.807, 2.05) is 72.9 Å². The molecular weight excluding hydrogens is 474 g/mol. The first kappa shape index (κ1) is 24.8. The molecule has 0 amide bonds. The first-order valence-corrected chi connectivity index (χ1v) is 14.8. The highest BCUT2D eigenvalue weighted by atomic mass is 32.2. The fourth-order valence-electron chi connectivity index (χ4n) is 4.67. The average Bonchev–Trinajstić information content (AvgIpc) is 2.80. The summed E-state index contributed by atoms with van der Waals surface area (Å²) in [6, 6.07) is 16.2. The third kappa shape index (κ3) is 5.85. The molecule has 2 aromatic carbocycles. The van der Waals surface area contributed by atoms with Gasteiger partial charge in [-0.15, -0.1) is 23.5 Å². The van der Waals surface area contributed by atoms with Crippen LogP contribution >= 0.6 is 23.5 Å². The molecule has 0 radical (unpaired) electrons. The van der Waals surface area contributed by atoms with Crippen molar-refractivity contribution < 1.29 is 17.9 Å². The zero-order valence-corrected chi connectivity index (χ0v) is 21.3. The number of thioether (sulfide) groups is 2. The van der Waals surface area contributed by atoms with Crippen molar-refractivity contribution in [2.24, 2.45) is 0 Å². The van der Waals surface area contributed by atoms with Crippen molar-refractivity contribution in [3.8, 4) is 0 Å². The lowest BCUT2D eigenvalue weighted by Gasteiger charge is -2.50. The van der Waals surface area contributed by atoms with Crippen molar-refractivity contribution >= 4 is 39.8 Å². The van der Waals surface area contributed by atoms with Gasteiger partial charge in [-0.25, -0.2) is 8.42 Å². The fraction of sp³-hybridized carbons (Fsp3) is 0.480. The van der Waals surface area contributed by atoms with E-state index in [9.17, 15) is 13.2 Å². The van der Waals surface area contributed by atoms with E-state index in [0.29, 0.717) is 19.6 Å². The predicted molar refractivity (Wildman–Crippen MR) is 136 cm³/mol. The van der Waals surface area contributed by atoms with E-state index in [1.165, 1.54) is 0 Å². The fourth-order valence-corrected chi connectivity index (χ4v) is 10.1. The van der Waals surface area contributed by atoms with Gasteiger partial charge in [0, 0.05) is 12.5 Å². The molecule has 1 spiro atoms. The number of benzene rings is 2. The third-order valence-electron chi connectivity index (χ3n) is 6.22. The molecule has 178 valence electrons. The summed E-state index contributed by atoms with van der Waals surface area (Å²) in [5, 5.41) is 0. The summed E-state index contributed by atoms with van der Waals surface area (Å²) in [4.78, 5) is 11.9. The number of ether oxygens (including phenoxy) is 1. The maximum atomic E-state index is 13.8. The number of carbonyl (C=O) groups excluding carboxylic acids is 1. The van der Waals surface area contributed by atoms with E-state index in [1.54, 1.807) is 16.4 Å². The van der Waals surface area contributed by atoms with Gasteiger partial charge in [0.2, 0.25) is 10.0 Å². The second-order valence-electron chi connectivity index (χ2n) is 8.73. The Hall–Kier alpha value is -1.32. The summed E-state index contributed by atoms with van der Waals surface area (Å²) < 4.78 is 35.3. The van der Waals surface area contributed by atoms with Crippen LogP contribution in [0.15, 0.2) is 59.5 Å². The smallest absolute Gasteiger partial charge is 0.243 e. The van der Waals surface area contributed by atoms with E-state index in [4.69, 9.17) is 4.74 Å². The third-order valence-corrected chi connectivity index (χ3v) is 11.6. The Morgan fingerprint density at radius 2 is 1.70 bits per heavy atom. The summed E-state index contributed by atoms with van der Waals surface area (Å²) >= 11 is 3.86. The maximum absolute atomic E-state index is 13.8. The van der Waals surface area contributed by atoms with Crippen molar-refractivity contribution in [1.82, 2.24) is 4.31 Å². The van der Waals surface area contributed by atoms with Crippen LogP contribution in [0.4, 0.5) is 0 Å². The molecule has 5 nitrogen and oxygen atoms in total. The largest absolute Gasteiger partial charge is 0.375 e. The van der Waals surface area contributed by atoms with E-state index in [2.05, 4.69) is 0 Å². The first-order chi connectivity index (χ1) is 15.9. The first-order valence-electron chi connectivity index (χ1n) is 11.4. The van der Waals surface area contributed by atoms with E-state index in [0.717, 1.165) is 41.8 Å². The number of aryl methyl sites for hydroxylation is 1. The van der Waals surface area contributed by atoms with Gasteiger partial charge in [0.25, 0.3) is 0 Å². The van der Waals surface area contributed by atoms with Gasteiger partial charge >= 0.3 is 0 Å².